The number of hydrogen-bond acceptors (Lipinski definition) is 3. The Balaban J connectivity index is 2.63. The molecule has 0 amide bonds. The van der Waals surface area contributed by atoms with Crippen LogP contribution >= 0.6 is 23.2 Å². The predicted molar refractivity (Wildman–Crippen MR) is 49.3 cm³/mol. The molecule has 0 fully saturated rings. The summed E-state index contributed by atoms with van der Waals surface area (Å²) in [7, 11) is 0. The molecule has 68 valence electrons. The van der Waals surface area contributed by atoms with E-state index in [4.69, 9.17) is 23.2 Å². The van der Waals surface area contributed by atoms with Crippen LogP contribution in [0.5, 0.6) is 0 Å². The lowest BCUT2D eigenvalue weighted by Crippen LogP contribution is -2.14. The van der Waals surface area contributed by atoms with Crippen LogP contribution in [0.2, 0.25) is 10.4 Å². The molecule has 1 aliphatic rings. The van der Waals surface area contributed by atoms with Crippen LogP contribution in [0.4, 0.5) is 0 Å². The van der Waals surface area contributed by atoms with E-state index in [0.29, 0.717) is 17.7 Å². The van der Waals surface area contributed by atoms with Crippen LogP contribution in [0.1, 0.15) is 28.9 Å². The lowest BCUT2D eigenvalue weighted by Gasteiger charge is -2.13. The average Bonchev–Trinajstić information content (AvgIpc) is 2.02. The highest BCUT2D eigenvalue weighted by atomic mass is 35.5. The number of Topliss-reactive ketones (excluding diaryl/α,β-unsaturated/α-hetero) is 1. The van der Waals surface area contributed by atoms with E-state index < -0.39 is 0 Å². The van der Waals surface area contributed by atoms with E-state index >= 15 is 0 Å². The van der Waals surface area contributed by atoms with Gasteiger partial charge in [0.05, 0.1) is 11.3 Å². The van der Waals surface area contributed by atoms with Crippen LogP contribution in [0, 0.1) is 0 Å². The summed E-state index contributed by atoms with van der Waals surface area (Å²) in [6.45, 7) is 0. The second-order valence-corrected chi connectivity index (χ2v) is 3.58. The molecule has 1 aliphatic carbocycles. The Morgan fingerprint density at radius 3 is 2.69 bits per heavy atom. The number of fused-ring (bicyclic) bond motifs is 1. The Labute approximate surface area is 85.1 Å². The van der Waals surface area contributed by atoms with Crippen molar-refractivity contribution >= 4 is 29.0 Å². The van der Waals surface area contributed by atoms with Crippen molar-refractivity contribution in [2.75, 3.05) is 0 Å². The van der Waals surface area contributed by atoms with Gasteiger partial charge in [0.15, 0.2) is 5.78 Å². The van der Waals surface area contributed by atoms with E-state index in [2.05, 4.69) is 9.97 Å². The van der Waals surface area contributed by atoms with Gasteiger partial charge in [-0.2, -0.15) is 0 Å². The van der Waals surface area contributed by atoms with Crippen LogP contribution < -0.4 is 0 Å². The first-order valence-corrected chi connectivity index (χ1v) is 4.69. The lowest BCUT2D eigenvalue weighted by molar-refractivity contribution is 0.0971. The van der Waals surface area contributed by atoms with E-state index in [1.165, 1.54) is 0 Å². The van der Waals surface area contributed by atoms with E-state index in [1.807, 2.05) is 0 Å². The molecule has 3 nitrogen and oxygen atoms in total. The molecule has 0 bridgehead atoms. The predicted octanol–water partition coefficient (Wildman–Crippen LogP) is 2.30. The number of halogens is 2. The zero-order valence-corrected chi connectivity index (χ0v) is 8.19. The summed E-state index contributed by atoms with van der Waals surface area (Å²) in [6.07, 6.45) is 2.09. The van der Waals surface area contributed by atoms with Gasteiger partial charge in [-0.05, 0) is 24.4 Å². The fourth-order valence-electron chi connectivity index (χ4n) is 1.45. The standard InChI is InChI=1S/C8H6Cl2N2O/c9-7-6-4(11-8(10)12-7)2-1-3-5(6)13/h1-3H2. The maximum absolute atomic E-state index is 11.4. The highest BCUT2D eigenvalue weighted by molar-refractivity contribution is 6.34. The zero-order chi connectivity index (χ0) is 9.42. The maximum Gasteiger partial charge on any atom is 0.224 e. The van der Waals surface area contributed by atoms with Gasteiger partial charge in [0.25, 0.3) is 0 Å². The smallest absolute Gasteiger partial charge is 0.224 e. The molecule has 1 aromatic rings. The highest BCUT2D eigenvalue weighted by Crippen LogP contribution is 2.26. The zero-order valence-electron chi connectivity index (χ0n) is 6.68. The number of carbonyl (C=O) groups is 1. The molecular formula is C8H6Cl2N2O. The molecule has 2 rings (SSSR count). The van der Waals surface area contributed by atoms with Gasteiger partial charge in [0, 0.05) is 6.42 Å². The first kappa shape index (κ1) is 8.91. The number of aryl methyl sites for hydroxylation is 1. The van der Waals surface area contributed by atoms with Gasteiger partial charge in [0.1, 0.15) is 5.15 Å². The van der Waals surface area contributed by atoms with Crippen LogP contribution in [0.15, 0.2) is 0 Å². The second-order valence-electron chi connectivity index (χ2n) is 2.88. The molecule has 0 atom stereocenters. The van der Waals surface area contributed by atoms with Crippen molar-refractivity contribution in [3.8, 4) is 0 Å². The third-order valence-corrected chi connectivity index (χ3v) is 2.45. The summed E-state index contributed by atoms with van der Waals surface area (Å²) in [6, 6.07) is 0. The minimum atomic E-state index is 0.0166. The van der Waals surface area contributed by atoms with Gasteiger partial charge < -0.3 is 0 Å². The maximum atomic E-state index is 11.4. The Morgan fingerprint density at radius 2 is 1.92 bits per heavy atom. The quantitative estimate of drug-likeness (QED) is 0.494. The molecule has 1 heterocycles. The minimum Gasteiger partial charge on any atom is -0.294 e. The van der Waals surface area contributed by atoms with Crippen molar-refractivity contribution in [2.45, 2.75) is 19.3 Å². The second kappa shape index (κ2) is 3.24. The molecule has 0 spiro atoms. The summed E-state index contributed by atoms with van der Waals surface area (Å²) in [5.74, 6) is 0.0166. The highest BCUT2D eigenvalue weighted by Gasteiger charge is 2.22. The number of aromatic nitrogens is 2. The molecule has 0 saturated carbocycles. The molecule has 0 N–H and O–H groups in total. The summed E-state index contributed by atoms with van der Waals surface area (Å²) >= 11 is 11.4. The van der Waals surface area contributed by atoms with E-state index in [1.54, 1.807) is 0 Å². The van der Waals surface area contributed by atoms with E-state index in [0.717, 1.165) is 12.8 Å². The van der Waals surface area contributed by atoms with Gasteiger partial charge in [-0.3, -0.25) is 4.79 Å². The van der Waals surface area contributed by atoms with Crippen LogP contribution in [0.25, 0.3) is 0 Å². The first-order valence-electron chi connectivity index (χ1n) is 3.93. The Kier molecular flexibility index (Phi) is 2.22. The monoisotopic (exact) mass is 216 g/mol. The number of nitrogens with zero attached hydrogens (tertiary/aromatic N) is 2. The summed E-state index contributed by atoms with van der Waals surface area (Å²) < 4.78 is 0. The minimum absolute atomic E-state index is 0.0166. The van der Waals surface area contributed by atoms with Gasteiger partial charge in [-0.25, -0.2) is 9.97 Å². The normalized spacial score (nSPS) is 15.7. The fourth-order valence-corrected chi connectivity index (χ4v) is 1.97. The van der Waals surface area contributed by atoms with Gasteiger partial charge in [0.2, 0.25) is 5.28 Å². The first-order chi connectivity index (χ1) is 6.18. The van der Waals surface area contributed by atoms with Crippen molar-refractivity contribution in [1.82, 2.24) is 9.97 Å². The van der Waals surface area contributed by atoms with Gasteiger partial charge in [-0.15, -0.1) is 0 Å². The number of ketones is 1. The molecular weight excluding hydrogens is 211 g/mol. The lowest BCUT2D eigenvalue weighted by atomic mass is 9.96. The summed E-state index contributed by atoms with van der Waals surface area (Å²) in [4.78, 5) is 19.1. The van der Waals surface area contributed by atoms with Crippen LogP contribution in [0.3, 0.4) is 0 Å². The summed E-state index contributed by atoms with van der Waals surface area (Å²) in [5, 5.41) is 0.290. The molecule has 0 saturated heterocycles. The number of carbonyl (C=O) groups excluding carboxylic acids is 1. The molecule has 1 aromatic heterocycles. The fraction of sp³-hybridized carbons (Fsp3) is 0.375. The molecule has 0 radical (unpaired) electrons. The van der Waals surface area contributed by atoms with Crippen molar-refractivity contribution in [2.24, 2.45) is 0 Å². The molecule has 5 heteroatoms. The summed E-state index contributed by atoms with van der Waals surface area (Å²) in [5.41, 5.74) is 1.14. The van der Waals surface area contributed by atoms with Gasteiger partial charge in [-0.1, -0.05) is 11.6 Å². The Hall–Kier alpha value is -0.670. The Bertz CT molecular complexity index is 379. The third kappa shape index (κ3) is 1.54. The van der Waals surface area contributed by atoms with Crippen molar-refractivity contribution in [3.63, 3.8) is 0 Å². The number of rotatable bonds is 0. The SMILES string of the molecule is O=C1CCCc2nc(Cl)nc(Cl)c21. The Morgan fingerprint density at radius 1 is 1.15 bits per heavy atom. The third-order valence-electron chi connectivity index (χ3n) is 2.01. The average molecular weight is 217 g/mol. The van der Waals surface area contributed by atoms with E-state index in [-0.39, 0.29) is 16.2 Å². The largest absolute Gasteiger partial charge is 0.294 e. The number of hydrogen-bond donors (Lipinski definition) is 0. The van der Waals surface area contributed by atoms with Crippen molar-refractivity contribution < 1.29 is 4.79 Å². The molecule has 0 aliphatic heterocycles. The topological polar surface area (TPSA) is 42.9 Å². The van der Waals surface area contributed by atoms with Gasteiger partial charge >= 0.3 is 0 Å². The van der Waals surface area contributed by atoms with Crippen LogP contribution in [-0.2, 0) is 6.42 Å². The molecule has 13 heavy (non-hydrogen) atoms. The van der Waals surface area contributed by atoms with Crippen LogP contribution in [-0.4, -0.2) is 15.8 Å². The molecule has 0 unspecified atom stereocenters. The van der Waals surface area contributed by atoms with Crippen molar-refractivity contribution in [1.29, 1.82) is 0 Å². The van der Waals surface area contributed by atoms with E-state index in [9.17, 15) is 4.79 Å². The van der Waals surface area contributed by atoms with Crippen molar-refractivity contribution in [3.05, 3.63) is 21.7 Å². The molecule has 0 aromatic carbocycles.